The molecule has 3 atom stereocenters. The van der Waals surface area contributed by atoms with Crippen LogP contribution in [0.2, 0.25) is 0 Å². The Morgan fingerprint density at radius 3 is 2.37 bits per heavy atom. The van der Waals surface area contributed by atoms with Crippen molar-refractivity contribution >= 4 is 34.4 Å². The molecule has 0 saturated heterocycles. The maximum absolute atomic E-state index is 13.6. The van der Waals surface area contributed by atoms with E-state index in [2.05, 4.69) is 41.8 Å². The minimum absolute atomic E-state index is 0.0164. The molecule has 0 saturated carbocycles. The van der Waals surface area contributed by atoms with Gasteiger partial charge in [-0.3, -0.25) is 9.59 Å². The van der Waals surface area contributed by atoms with Gasteiger partial charge in [0, 0.05) is 31.5 Å². The molecule has 232 valence electrons. The van der Waals surface area contributed by atoms with Crippen LogP contribution in [0.15, 0.2) is 23.8 Å². The van der Waals surface area contributed by atoms with Crippen LogP contribution in [-0.4, -0.2) is 77.1 Å². The summed E-state index contributed by atoms with van der Waals surface area (Å²) in [6.45, 7) is 4.53. The van der Waals surface area contributed by atoms with Gasteiger partial charge in [-0.15, -0.1) is 0 Å². The molecule has 0 bridgehead atoms. The number of aliphatic hydroxyl groups is 3. The van der Waals surface area contributed by atoms with Gasteiger partial charge in [0.15, 0.2) is 11.5 Å². The van der Waals surface area contributed by atoms with E-state index >= 15 is 0 Å². The summed E-state index contributed by atoms with van der Waals surface area (Å²) in [5.41, 5.74) is 1.05. The second-order valence-electron chi connectivity index (χ2n) is 10.6. The summed E-state index contributed by atoms with van der Waals surface area (Å²) in [5, 5.41) is 33.2. The minimum atomic E-state index is -1.09. The number of hydrogen-bond acceptors (Lipinski definition) is 7. The molecule has 9 nitrogen and oxygen atoms in total. The number of nitrogens with one attached hydrogen (secondary N) is 1. The number of nitrogens with zero attached hydrogens (tertiary/aromatic N) is 1. The van der Waals surface area contributed by atoms with E-state index in [1.54, 1.807) is 23.1 Å². The minimum Gasteiger partial charge on any atom is -0.493 e. The van der Waals surface area contributed by atoms with Crippen LogP contribution in [0.1, 0.15) is 90.0 Å². The predicted molar refractivity (Wildman–Crippen MR) is 168 cm³/mol. The Hall–Kier alpha value is -1.89. The Kier molecular flexibility index (Phi) is 16.6. The maximum Gasteiger partial charge on any atom is 0.247 e. The second-order valence-corrected chi connectivity index (χ2v) is 11.8. The van der Waals surface area contributed by atoms with Crippen LogP contribution in [0.25, 0.3) is 0 Å². The Morgan fingerprint density at radius 2 is 1.73 bits per heavy atom. The highest BCUT2D eigenvalue weighted by Gasteiger charge is 2.40. The van der Waals surface area contributed by atoms with Crippen LogP contribution in [-0.2, 0) is 16.2 Å². The molecule has 0 heterocycles. The molecule has 0 fully saturated rings. The second kappa shape index (κ2) is 19.3. The van der Waals surface area contributed by atoms with Crippen molar-refractivity contribution < 1.29 is 34.4 Å². The first-order chi connectivity index (χ1) is 19.8. The van der Waals surface area contributed by atoms with Gasteiger partial charge in [-0.25, -0.2) is 0 Å². The van der Waals surface area contributed by atoms with Crippen molar-refractivity contribution in [1.82, 2.24) is 10.2 Å². The first-order valence-corrected chi connectivity index (χ1v) is 16.1. The number of unbranched alkanes of at least 4 members (excludes halogenated alkanes) is 7. The number of methoxy groups -OCH3 is 1. The van der Waals surface area contributed by atoms with E-state index in [-0.39, 0.29) is 38.0 Å². The Bertz CT molecular complexity index is 987. The molecule has 1 aromatic carbocycles. The average Bonchev–Trinajstić information content (AvgIpc) is 2.97. The molecule has 2 rings (SSSR count). The van der Waals surface area contributed by atoms with Gasteiger partial charge in [-0.05, 0) is 59.2 Å². The van der Waals surface area contributed by atoms with E-state index in [1.807, 2.05) is 0 Å². The highest BCUT2D eigenvalue weighted by molar-refractivity contribution is 14.1. The zero-order valence-corrected chi connectivity index (χ0v) is 27.0. The van der Waals surface area contributed by atoms with E-state index in [0.717, 1.165) is 57.8 Å². The van der Waals surface area contributed by atoms with Crippen molar-refractivity contribution in [2.24, 2.45) is 0 Å². The average molecular weight is 689 g/mol. The van der Waals surface area contributed by atoms with Crippen LogP contribution >= 0.6 is 22.6 Å². The van der Waals surface area contributed by atoms with Crippen molar-refractivity contribution in [2.45, 2.75) is 109 Å². The molecule has 0 aromatic heterocycles. The standard InChI is InChI=1S/C31H49IN2O7/c1-4-6-8-10-11-13-28(37)34(15-12-9-7-5-2)25-19-23(31(39)33-14-16-35)20-26(29(25)38)41-30-24(32)17-22(21-36)18-27(30)40-3/h17-18,20,25-26,29,35-36,38H,4-16,19,21H2,1-3H3,(H,33,39). The number of amides is 2. The fourth-order valence-electron chi connectivity index (χ4n) is 5.10. The number of benzene rings is 1. The topological polar surface area (TPSA) is 129 Å². The smallest absolute Gasteiger partial charge is 0.247 e. The lowest BCUT2D eigenvalue weighted by Crippen LogP contribution is -2.55. The molecule has 1 aliphatic carbocycles. The molecule has 4 N–H and O–H groups in total. The fraction of sp³-hybridized carbons (Fsp3) is 0.677. The third-order valence-electron chi connectivity index (χ3n) is 7.41. The summed E-state index contributed by atoms with van der Waals surface area (Å²) in [6.07, 6.45) is 9.25. The normalized spacial score (nSPS) is 18.5. The maximum atomic E-state index is 13.6. The van der Waals surface area contributed by atoms with Gasteiger partial charge in [0.05, 0.1) is 29.9 Å². The summed E-state index contributed by atoms with van der Waals surface area (Å²) in [5.74, 6) is 0.407. The number of aliphatic hydroxyl groups excluding tert-OH is 3. The molecule has 2 amide bonds. The highest BCUT2D eigenvalue weighted by atomic mass is 127. The number of hydrogen-bond donors (Lipinski definition) is 4. The molecule has 41 heavy (non-hydrogen) atoms. The molecule has 3 unspecified atom stereocenters. The molecule has 1 aromatic rings. The monoisotopic (exact) mass is 688 g/mol. The lowest BCUT2D eigenvalue weighted by Gasteiger charge is -2.41. The molecule has 0 aliphatic heterocycles. The lowest BCUT2D eigenvalue weighted by atomic mass is 9.87. The van der Waals surface area contributed by atoms with E-state index in [9.17, 15) is 24.9 Å². The van der Waals surface area contributed by atoms with Gasteiger partial charge < -0.3 is 35.0 Å². The van der Waals surface area contributed by atoms with Gasteiger partial charge >= 0.3 is 0 Å². The zero-order chi connectivity index (χ0) is 30.2. The molecule has 1 aliphatic rings. The number of carbonyl (C=O) groups is 2. The number of rotatable bonds is 19. The molecule has 0 spiro atoms. The van der Waals surface area contributed by atoms with Gasteiger partial charge in [-0.2, -0.15) is 0 Å². The molecule has 10 heteroatoms. The highest BCUT2D eigenvalue weighted by Crippen LogP contribution is 2.37. The third-order valence-corrected chi connectivity index (χ3v) is 8.21. The van der Waals surface area contributed by atoms with Gasteiger partial charge in [0.2, 0.25) is 11.8 Å². The fourth-order valence-corrected chi connectivity index (χ4v) is 5.90. The van der Waals surface area contributed by atoms with Gasteiger partial charge in [0.25, 0.3) is 0 Å². The number of ether oxygens (including phenoxy) is 2. The summed E-state index contributed by atoms with van der Waals surface area (Å²) in [4.78, 5) is 28.4. The van der Waals surface area contributed by atoms with Crippen molar-refractivity contribution in [3.8, 4) is 11.5 Å². The van der Waals surface area contributed by atoms with Crippen molar-refractivity contribution in [3.05, 3.63) is 32.9 Å². The van der Waals surface area contributed by atoms with Gasteiger partial charge in [0.1, 0.15) is 12.2 Å². The number of halogens is 1. The Labute approximate surface area is 258 Å². The lowest BCUT2D eigenvalue weighted by molar-refractivity contribution is -0.138. The summed E-state index contributed by atoms with van der Waals surface area (Å²) in [7, 11) is 1.50. The van der Waals surface area contributed by atoms with E-state index in [0.29, 0.717) is 39.2 Å². The van der Waals surface area contributed by atoms with E-state index < -0.39 is 18.2 Å². The molecular formula is C31H49IN2O7. The summed E-state index contributed by atoms with van der Waals surface area (Å²) >= 11 is 2.09. The third kappa shape index (κ3) is 11.0. The predicted octanol–water partition coefficient (Wildman–Crippen LogP) is 4.48. The van der Waals surface area contributed by atoms with Crippen molar-refractivity contribution in [2.75, 3.05) is 26.8 Å². The van der Waals surface area contributed by atoms with Crippen molar-refractivity contribution in [3.63, 3.8) is 0 Å². The number of carbonyl (C=O) groups excluding carboxylic acids is 2. The van der Waals surface area contributed by atoms with Crippen LogP contribution in [0.5, 0.6) is 11.5 Å². The van der Waals surface area contributed by atoms with Gasteiger partial charge in [-0.1, -0.05) is 58.8 Å². The largest absolute Gasteiger partial charge is 0.493 e. The first-order valence-electron chi connectivity index (χ1n) is 15.0. The van der Waals surface area contributed by atoms with Crippen LogP contribution in [0.4, 0.5) is 0 Å². The SMILES string of the molecule is CCCCCCCC(=O)N(CCCCCC)C1CC(C(=O)NCCO)=CC(Oc2c(I)cc(CO)cc2OC)C1O. The molecular weight excluding hydrogens is 639 g/mol. The van der Waals surface area contributed by atoms with E-state index in [1.165, 1.54) is 7.11 Å². The van der Waals surface area contributed by atoms with Crippen LogP contribution < -0.4 is 14.8 Å². The van der Waals surface area contributed by atoms with Crippen LogP contribution in [0, 0.1) is 3.57 Å². The zero-order valence-electron chi connectivity index (χ0n) is 24.9. The Balaban J connectivity index is 2.40. The van der Waals surface area contributed by atoms with Crippen LogP contribution in [0.3, 0.4) is 0 Å². The Morgan fingerprint density at radius 1 is 1.05 bits per heavy atom. The van der Waals surface area contributed by atoms with E-state index in [4.69, 9.17) is 9.47 Å². The van der Waals surface area contributed by atoms with Crippen molar-refractivity contribution in [1.29, 1.82) is 0 Å². The molecule has 0 radical (unpaired) electrons. The summed E-state index contributed by atoms with van der Waals surface area (Å²) in [6, 6.07) is 2.79. The first kappa shape index (κ1) is 35.3. The quantitative estimate of drug-likeness (QED) is 0.125. The summed E-state index contributed by atoms with van der Waals surface area (Å²) < 4.78 is 12.5.